The normalized spacial score (nSPS) is 20.7. The van der Waals surface area contributed by atoms with E-state index in [1.807, 2.05) is 0 Å². The van der Waals surface area contributed by atoms with Crippen molar-refractivity contribution in [3.8, 4) is 0 Å². The smallest absolute Gasteiger partial charge is 0.221 e. The minimum Gasteiger partial charge on any atom is -0.369 e. The number of primary amides is 1. The van der Waals surface area contributed by atoms with Crippen LogP contribution in [0.2, 0.25) is 0 Å². The van der Waals surface area contributed by atoms with Crippen LogP contribution in [0, 0.1) is 11.7 Å². The molecule has 17 heavy (non-hydrogen) atoms. The average molecular weight is 301 g/mol. The first-order valence-electron chi connectivity index (χ1n) is 5.52. The van der Waals surface area contributed by atoms with Gasteiger partial charge in [0.1, 0.15) is 5.82 Å². The molecule has 92 valence electrons. The summed E-state index contributed by atoms with van der Waals surface area (Å²) in [6.45, 7) is 2.27. The average Bonchev–Trinajstić information content (AvgIpc) is 2.71. The highest BCUT2D eigenvalue weighted by atomic mass is 79.9. The van der Waals surface area contributed by atoms with Gasteiger partial charge in [0.25, 0.3) is 0 Å². The highest BCUT2D eigenvalue weighted by Gasteiger charge is 2.26. The van der Waals surface area contributed by atoms with Gasteiger partial charge in [-0.05, 0) is 30.7 Å². The molecule has 1 fully saturated rings. The van der Waals surface area contributed by atoms with E-state index >= 15 is 0 Å². The third kappa shape index (κ3) is 3.04. The number of halogens is 2. The van der Waals surface area contributed by atoms with Crippen LogP contribution in [0.5, 0.6) is 0 Å². The Morgan fingerprint density at radius 2 is 2.35 bits per heavy atom. The fourth-order valence-corrected chi connectivity index (χ4v) is 2.58. The van der Waals surface area contributed by atoms with Crippen molar-refractivity contribution in [2.24, 2.45) is 11.7 Å². The van der Waals surface area contributed by atoms with Crippen molar-refractivity contribution in [2.45, 2.75) is 13.0 Å². The van der Waals surface area contributed by atoms with Crippen molar-refractivity contribution in [2.75, 3.05) is 13.1 Å². The molecule has 1 aromatic carbocycles. The van der Waals surface area contributed by atoms with E-state index in [-0.39, 0.29) is 17.6 Å². The van der Waals surface area contributed by atoms with Gasteiger partial charge in [-0.3, -0.25) is 9.69 Å². The summed E-state index contributed by atoms with van der Waals surface area (Å²) in [4.78, 5) is 13.2. The summed E-state index contributed by atoms with van der Waals surface area (Å²) in [5.74, 6) is -0.531. The molecular formula is C12H14BrFN2O. The maximum absolute atomic E-state index is 12.9. The van der Waals surface area contributed by atoms with Crippen molar-refractivity contribution in [3.05, 3.63) is 34.1 Å². The topological polar surface area (TPSA) is 46.3 Å². The Bertz CT molecular complexity index is 439. The van der Waals surface area contributed by atoms with Crippen molar-refractivity contribution in [1.29, 1.82) is 0 Å². The number of rotatable bonds is 3. The highest BCUT2D eigenvalue weighted by molar-refractivity contribution is 9.10. The SMILES string of the molecule is NC(=O)C1CCN(Cc2ccc(F)cc2Br)C1. The number of nitrogens with zero attached hydrogens (tertiary/aromatic N) is 1. The van der Waals surface area contributed by atoms with Crippen LogP contribution in [-0.4, -0.2) is 23.9 Å². The molecular weight excluding hydrogens is 287 g/mol. The van der Waals surface area contributed by atoms with Gasteiger partial charge in [-0.15, -0.1) is 0 Å². The first-order chi connectivity index (χ1) is 8.06. The standard InChI is InChI=1S/C12H14BrFN2O/c13-11-5-10(14)2-1-8(11)6-16-4-3-9(7-16)12(15)17/h1-2,5,9H,3-4,6-7H2,(H2,15,17). The van der Waals surface area contributed by atoms with E-state index in [0.717, 1.165) is 23.0 Å². The van der Waals surface area contributed by atoms with Gasteiger partial charge < -0.3 is 5.73 Å². The first kappa shape index (κ1) is 12.5. The van der Waals surface area contributed by atoms with Gasteiger partial charge in [0.15, 0.2) is 0 Å². The van der Waals surface area contributed by atoms with Crippen LogP contribution in [0.15, 0.2) is 22.7 Å². The van der Waals surface area contributed by atoms with Gasteiger partial charge in [0, 0.05) is 17.6 Å². The number of nitrogens with two attached hydrogens (primary N) is 1. The Balaban J connectivity index is 2.00. The summed E-state index contributed by atoms with van der Waals surface area (Å²) in [6.07, 6.45) is 0.814. The molecule has 0 radical (unpaired) electrons. The quantitative estimate of drug-likeness (QED) is 0.927. The van der Waals surface area contributed by atoms with Crippen molar-refractivity contribution in [1.82, 2.24) is 4.90 Å². The minimum atomic E-state index is -0.253. The lowest BCUT2D eigenvalue weighted by molar-refractivity contribution is -0.121. The maximum atomic E-state index is 12.9. The number of likely N-dealkylation sites (tertiary alicyclic amines) is 1. The second kappa shape index (κ2) is 5.14. The lowest BCUT2D eigenvalue weighted by atomic mass is 10.1. The molecule has 1 saturated heterocycles. The van der Waals surface area contributed by atoms with Gasteiger partial charge in [-0.1, -0.05) is 22.0 Å². The molecule has 5 heteroatoms. The molecule has 1 heterocycles. The van der Waals surface area contributed by atoms with E-state index in [1.54, 1.807) is 6.07 Å². The summed E-state index contributed by atoms with van der Waals surface area (Å²) in [6, 6.07) is 4.66. The van der Waals surface area contributed by atoms with E-state index in [2.05, 4.69) is 20.8 Å². The zero-order valence-electron chi connectivity index (χ0n) is 9.33. The van der Waals surface area contributed by atoms with Gasteiger partial charge in [0.2, 0.25) is 5.91 Å². The van der Waals surface area contributed by atoms with Gasteiger partial charge in [-0.25, -0.2) is 4.39 Å². The molecule has 0 aliphatic carbocycles. The number of hydrogen-bond acceptors (Lipinski definition) is 2. The van der Waals surface area contributed by atoms with E-state index in [4.69, 9.17) is 5.73 Å². The van der Waals surface area contributed by atoms with Crippen LogP contribution >= 0.6 is 15.9 Å². The van der Waals surface area contributed by atoms with E-state index in [0.29, 0.717) is 13.1 Å². The Kier molecular flexibility index (Phi) is 3.79. The molecule has 0 bridgehead atoms. The minimum absolute atomic E-state index is 0.0470. The molecule has 1 atom stereocenters. The molecule has 0 spiro atoms. The Hall–Kier alpha value is -0.940. The summed E-state index contributed by atoms with van der Waals surface area (Å²) in [5.41, 5.74) is 6.30. The summed E-state index contributed by atoms with van der Waals surface area (Å²) in [7, 11) is 0. The van der Waals surface area contributed by atoms with Crippen LogP contribution in [0.4, 0.5) is 4.39 Å². The first-order valence-corrected chi connectivity index (χ1v) is 6.31. The lowest BCUT2D eigenvalue weighted by Gasteiger charge is -2.16. The van der Waals surface area contributed by atoms with Crippen LogP contribution in [0.25, 0.3) is 0 Å². The molecule has 2 rings (SSSR count). The second-order valence-corrected chi connectivity index (χ2v) is 5.21. The molecule has 1 aromatic rings. The predicted molar refractivity (Wildman–Crippen MR) is 66.7 cm³/mol. The van der Waals surface area contributed by atoms with Crippen molar-refractivity contribution in [3.63, 3.8) is 0 Å². The second-order valence-electron chi connectivity index (χ2n) is 4.36. The molecule has 1 aliphatic heterocycles. The van der Waals surface area contributed by atoms with Gasteiger partial charge >= 0.3 is 0 Å². The zero-order chi connectivity index (χ0) is 12.4. The number of carbonyl (C=O) groups excluding carboxylic acids is 1. The Morgan fingerprint density at radius 3 is 2.94 bits per heavy atom. The van der Waals surface area contributed by atoms with Crippen LogP contribution in [0.3, 0.4) is 0 Å². The van der Waals surface area contributed by atoms with Crippen molar-refractivity contribution < 1.29 is 9.18 Å². The molecule has 0 aromatic heterocycles. The fourth-order valence-electron chi connectivity index (χ4n) is 2.10. The van der Waals surface area contributed by atoms with E-state index < -0.39 is 0 Å². The predicted octanol–water partition coefficient (Wildman–Crippen LogP) is 1.90. The number of amides is 1. The number of benzene rings is 1. The third-order valence-electron chi connectivity index (χ3n) is 3.08. The van der Waals surface area contributed by atoms with E-state index in [1.165, 1.54) is 12.1 Å². The maximum Gasteiger partial charge on any atom is 0.221 e. The molecule has 1 aliphatic rings. The summed E-state index contributed by atoms with van der Waals surface area (Å²) >= 11 is 3.34. The fraction of sp³-hybridized carbons (Fsp3) is 0.417. The van der Waals surface area contributed by atoms with Crippen LogP contribution in [0.1, 0.15) is 12.0 Å². The third-order valence-corrected chi connectivity index (χ3v) is 3.82. The summed E-state index contributed by atoms with van der Waals surface area (Å²) in [5, 5.41) is 0. The number of hydrogen-bond donors (Lipinski definition) is 1. The lowest BCUT2D eigenvalue weighted by Crippen LogP contribution is -2.27. The molecule has 3 nitrogen and oxygen atoms in total. The van der Waals surface area contributed by atoms with Crippen molar-refractivity contribution >= 4 is 21.8 Å². The Morgan fingerprint density at radius 1 is 1.59 bits per heavy atom. The molecule has 2 N–H and O–H groups in total. The number of carbonyl (C=O) groups is 1. The zero-order valence-corrected chi connectivity index (χ0v) is 10.9. The molecule has 1 unspecified atom stereocenters. The summed E-state index contributed by atoms with van der Waals surface area (Å²) < 4.78 is 13.7. The largest absolute Gasteiger partial charge is 0.369 e. The molecule has 1 amide bonds. The van der Waals surface area contributed by atoms with Crippen LogP contribution in [-0.2, 0) is 11.3 Å². The van der Waals surface area contributed by atoms with Gasteiger partial charge in [-0.2, -0.15) is 0 Å². The molecule has 0 saturated carbocycles. The van der Waals surface area contributed by atoms with Gasteiger partial charge in [0.05, 0.1) is 5.92 Å². The highest BCUT2D eigenvalue weighted by Crippen LogP contribution is 2.23. The van der Waals surface area contributed by atoms with E-state index in [9.17, 15) is 9.18 Å². The Labute approximate surface area is 108 Å². The van der Waals surface area contributed by atoms with Crippen LogP contribution < -0.4 is 5.73 Å². The monoisotopic (exact) mass is 300 g/mol.